The Morgan fingerprint density at radius 1 is 1.29 bits per heavy atom. The fourth-order valence-electron chi connectivity index (χ4n) is 1.78. The molecule has 2 nitrogen and oxygen atoms in total. The highest BCUT2D eigenvalue weighted by molar-refractivity contribution is 7.09. The van der Waals surface area contributed by atoms with E-state index in [1.807, 2.05) is 11.3 Å². The third-order valence-electron chi connectivity index (χ3n) is 2.78. The van der Waals surface area contributed by atoms with Gasteiger partial charge in [-0.15, -0.1) is 11.3 Å². The van der Waals surface area contributed by atoms with E-state index in [4.69, 9.17) is 4.42 Å². The summed E-state index contributed by atoms with van der Waals surface area (Å²) >= 11 is 1.82. The van der Waals surface area contributed by atoms with Crippen LogP contribution in [0.25, 0.3) is 0 Å². The monoisotopic (exact) mass is 249 g/mol. The molecule has 0 fully saturated rings. The molecule has 0 aliphatic heterocycles. The molecule has 2 aromatic heterocycles. The van der Waals surface area contributed by atoms with Crippen LogP contribution in [0.1, 0.15) is 30.2 Å². The molecule has 0 amide bonds. The number of aryl methyl sites for hydroxylation is 1. The molecule has 0 aromatic carbocycles. The molecule has 0 aliphatic rings. The van der Waals surface area contributed by atoms with Gasteiger partial charge >= 0.3 is 0 Å². The summed E-state index contributed by atoms with van der Waals surface area (Å²) in [5, 5.41) is 5.61. The van der Waals surface area contributed by atoms with Crippen LogP contribution in [0.4, 0.5) is 0 Å². The molecule has 3 heteroatoms. The Morgan fingerprint density at radius 2 is 2.12 bits per heavy atom. The average molecular weight is 249 g/mol. The molecule has 1 N–H and O–H groups in total. The van der Waals surface area contributed by atoms with Gasteiger partial charge < -0.3 is 9.73 Å². The largest absolute Gasteiger partial charge is 0.465 e. The molecule has 0 saturated carbocycles. The van der Waals surface area contributed by atoms with Crippen molar-refractivity contribution in [1.29, 1.82) is 0 Å². The first-order valence-corrected chi connectivity index (χ1v) is 6.99. The lowest BCUT2D eigenvalue weighted by atomic mass is 10.2. The summed E-state index contributed by atoms with van der Waals surface area (Å²) in [4.78, 5) is 1.43. The number of thiophene rings is 1. The van der Waals surface area contributed by atoms with Crippen LogP contribution in [0.5, 0.6) is 0 Å². The molecule has 2 rings (SSSR count). The van der Waals surface area contributed by atoms with Crippen molar-refractivity contribution in [1.82, 2.24) is 5.32 Å². The summed E-state index contributed by atoms with van der Waals surface area (Å²) in [6, 6.07) is 8.88. The van der Waals surface area contributed by atoms with E-state index < -0.39 is 0 Å². The van der Waals surface area contributed by atoms with Crippen molar-refractivity contribution in [3.8, 4) is 0 Å². The lowest BCUT2D eigenvalue weighted by molar-refractivity contribution is 0.431. The molecule has 0 radical (unpaired) electrons. The van der Waals surface area contributed by atoms with Crippen molar-refractivity contribution in [2.45, 2.75) is 39.3 Å². The fraction of sp³-hybridized carbons (Fsp3) is 0.429. The maximum Gasteiger partial charge on any atom is 0.117 e. The number of hydrogen-bond acceptors (Lipinski definition) is 3. The highest BCUT2D eigenvalue weighted by Gasteiger charge is 2.05. The van der Waals surface area contributed by atoms with Gasteiger partial charge in [0.15, 0.2) is 0 Å². The molecule has 0 saturated heterocycles. The SMILES string of the molecule is CCc1ccc(CNC(C)Cc2cccs2)o1. The smallest absolute Gasteiger partial charge is 0.117 e. The van der Waals surface area contributed by atoms with Gasteiger partial charge in [-0.1, -0.05) is 13.0 Å². The van der Waals surface area contributed by atoms with Crippen LogP contribution in [-0.4, -0.2) is 6.04 Å². The van der Waals surface area contributed by atoms with Crippen LogP contribution in [0.2, 0.25) is 0 Å². The maximum absolute atomic E-state index is 5.66. The summed E-state index contributed by atoms with van der Waals surface area (Å²) in [5.74, 6) is 2.09. The van der Waals surface area contributed by atoms with Gasteiger partial charge in [0.1, 0.15) is 11.5 Å². The van der Waals surface area contributed by atoms with Gasteiger partial charge in [0.2, 0.25) is 0 Å². The first kappa shape index (κ1) is 12.4. The van der Waals surface area contributed by atoms with Crippen LogP contribution < -0.4 is 5.32 Å². The van der Waals surface area contributed by atoms with E-state index in [2.05, 4.69) is 48.8 Å². The second-order valence-corrected chi connectivity index (χ2v) is 5.32. The molecule has 92 valence electrons. The number of furan rings is 1. The van der Waals surface area contributed by atoms with Gasteiger partial charge in [0.05, 0.1) is 6.54 Å². The molecule has 17 heavy (non-hydrogen) atoms. The quantitative estimate of drug-likeness (QED) is 0.845. The molecular weight excluding hydrogens is 230 g/mol. The Labute approximate surface area is 107 Å². The first-order valence-electron chi connectivity index (χ1n) is 6.11. The average Bonchev–Trinajstić information content (AvgIpc) is 2.96. The minimum Gasteiger partial charge on any atom is -0.465 e. The lowest BCUT2D eigenvalue weighted by Gasteiger charge is -2.11. The topological polar surface area (TPSA) is 25.2 Å². The van der Waals surface area contributed by atoms with Gasteiger partial charge in [0.25, 0.3) is 0 Å². The van der Waals surface area contributed by atoms with Crippen LogP contribution in [0, 0.1) is 0 Å². The highest BCUT2D eigenvalue weighted by atomic mass is 32.1. The summed E-state index contributed by atoms with van der Waals surface area (Å²) in [6.07, 6.45) is 2.05. The van der Waals surface area contributed by atoms with Gasteiger partial charge in [-0.3, -0.25) is 0 Å². The standard InChI is InChI=1S/C14H19NOS/c1-3-12-6-7-13(16-12)10-15-11(2)9-14-5-4-8-17-14/h4-8,11,15H,3,9-10H2,1-2H3. The molecule has 2 heterocycles. The number of nitrogens with one attached hydrogen (secondary N) is 1. The van der Waals surface area contributed by atoms with Crippen molar-refractivity contribution in [2.75, 3.05) is 0 Å². The van der Waals surface area contributed by atoms with Crippen LogP contribution in [0.15, 0.2) is 34.1 Å². The molecule has 0 aliphatic carbocycles. The molecule has 0 spiro atoms. The van der Waals surface area contributed by atoms with Gasteiger partial charge in [-0.05, 0) is 36.9 Å². The molecular formula is C14H19NOS. The van der Waals surface area contributed by atoms with Crippen LogP contribution in [-0.2, 0) is 19.4 Å². The predicted molar refractivity (Wildman–Crippen MR) is 72.4 cm³/mol. The van der Waals surface area contributed by atoms with E-state index in [9.17, 15) is 0 Å². The summed E-state index contributed by atoms with van der Waals surface area (Å²) in [7, 11) is 0. The van der Waals surface area contributed by atoms with Crippen LogP contribution >= 0.6 is 11.3 Å². The van der Waals surface area contributed by atoms with E-state index in [-0.39, 0.29) is 0 Å². The van der Waals surface area contributed by atoms with Crippen LogP contribution in [0.3, 0.4) is 0 Å². The molecule has 1 atom stereocenters. The summed E-state index contributed by atoms with van der Waals surface area (Å²) in [6.45, 7) is 5.13. The summed E-state index contributed by atoms with van der Waals surface area (Å²) < 4.78 is 5.66. The zero-order chi connectivity index (χ0) is 12.1. The Morgan fingerprint density at radius 3 is 2.76 bits per heavy atom. The fourth-order valence-corrected chi connectivity index (χ4v) is 2.62. The Bertz CT molecular complexity index is 433. The first-order chi connectivity index (χ1) is 8.28. The van der Waals surface area contributed by atoms with Crippen molar-refractivity contribution in [3.05, 3.63) is 46.0 Å². The minimum atomic E-state index is 0.476. The zero-order valence-corrected chi connectivity index (χ0v) is 11.2. The van der Waals surface area contributed by atoms with Gasteiger partial charge in [-0.2, -0.15) is 0 Å². The normalized spacial score (nSPS) is 12.8. The predicted octanol–water partition coefficient (Wildman–Crippen LogP) is 3.62. The Hall–Kier alpha value is -1.06. The Balaban J connectivity index is 1.77. The van der Waals surface area contributed by atoms with Crippen molar-refractivity contribution >= 4 is 11.3 Å². The highest BCUT2D eigenvalue weighted by Crippen LogP contribution is 2.12. The lowest BCUT2D eigenvalue weighted by Crippen LogP contribution is -2.27. The van der Waals surface area contributed by atoms with E-state index in [0.29, 0.717) is 6.04 Å². The van der Waals surface area contributed by atoms with E-state index in [1.54, 1.807) is 0 Å². The van der Waals surface area contributed by atoms with E-state index in [1.165, 1.54) is 4.88 Å². The second-order valence-electron chi connectivity index (χ2n) is 4.29. The van der Waals surface area contributed by atoms with Crippen molar-refractivity contribution in [2.24, 2.45) is 0 Å². The molecule has 2 aromatic rings. The Kier molecular flexibility index (Phi) is 4.40. The second kappa shape index (κ2) is 6.03. The minimum absolute atomic E-state index is 0.476. The molecule has 1 unspecified atom stereocenters. The number of hydrogen-bond donors (Lipinski definition) is 1. The van der Waals surface area contributed by atoms with Gasteiger partial charge in [0, 0.05) is 17.3 Å². The third kappa shape index (κ3) is 3.72. The maximum atomic E-state index is 5.66. The van der Waals surface area contributed by atoms with E-state index >= 15 is 0 Å². The third-order valence-corrected chi connectivity index (χ3v) is 3.68. The van der Waals surface area contributed by atoms with Crippen molar-refractivity contribution < 1.29 is 4.42 Å². The van der Waals surface area contributed by atoms with Gasteiger partial charge in [-0.25, -0.2) is 0 Å². The summed E-state index contributed by atoms with van der Waals surface area (Å²) in [5.41, 5.74) is 0. The van der Waals surface area contributed by atoms with Crippen molar-refractivity contribution in [3.63, 3.8) is 0 Å². The number of rotatable bonds is 6. The zero-order valence-electron chi connectivity index (χ0n) is 10.4. The van der Waals surface area contributed by atoms with E-state index in [0.717, 1.165) is 30.9 Å². The molecule has 0 bridgehead atoms.